The number of hydrogen-bond acceptors (Lipinski definition) is 4. The van der Waals surface area contributed by atoms with Crippen LogP contribution in [0.4, 0.5) is 5.69 Å². The second-order valence-electron chi connectivity index (χ2n) is 6.25. The van der Waals surface area contributed by atoms with Crippen molar-refractivity contribution in [1.82, 2.24) is 4.31 Å². The van der Waals surface area contributed by atoms with Crippen molar-refractivity contribution in [3.63, 3.8) is 0 Å². The van der Waals surface area contributed by atoms with Crippen LogP contribution in [0.15, 0.2) is 48.5 Å². The van der Waals surface area contributed by atoms with E-state index in [9.17, 15) is 8.42 Å². The van der Waals surface area contributed by atoms with Gasteiger partial charge in [0.2, 0.25) is 10.0 Å². The van der Waals surface area contributed by atoms with E-state index in [0.29, 0.717) is 37.6 Å². The molecule has 0 unspecified atom stereocenters. The van der Waals surface area contributed by atoms with E-state index < -0.39 is 10.0 Å². The number of aryl methyl sites for hydroxylation is 1. The first-order valence-electron chi connectivity index (χ1n) is 8.60. The van der Waals surface area contributed by atoms with E-state index in [2.05, 4.69) is 4.90 Å². The molecular formula is C19H23ClN2O3S. The zero-order valence-electron chi connectivity index (χ0n) is 14.8. The van der Waals surface area contributed by atoms with Crippen LogP contribution in [-0.4, -0.2) is 51.8 Å². The Kier molecular flexibility index (Phi) is 6.06. The number of hydrogen-bond donors (Lipinski definition) is 0. The summed E-state index contributed by atoms with van der Waals surface area (Å²) in [4.78, 5) is 2.12. The Balaban J connectivity index is 1.62. The molecule has 2 aromatic rings. The molecule has 1 heterocycles. The summed E-state index contributed by atoms with van der Waals surface area (Å²) in [5.41, 5.74) is 1.94. The summed E-state index contributed by atoms with van der Waals surface area (Å²) in [6.45, 7) is 2.15. The number of sulfonamides is 1. The molecule has 0 aliphatic carbocycles. The molecule has 7 heteroatoms. The Bertz CT molecular complexity index is 835. The van der Waals surface area contributed by atoms with Gasteiger partial charge in [0.15, 0.2) is 0 Å². The lowest BCUT2D eigenvalue weighted by molar-refractivity contribution is 0.378. The second-order valence-corrected chi connectivity index (χ2v) is 8.78. The Morgan fingerprint density at radius 2 is 1.73 bits per heavy atom. The van der Waals surface area contributed by atoms with Crippen LogP contribution in [0.1, 0.15) is 5.56 Å². The first kappa shape index (κ1) is 19.0. The van der Waals surface area contributed by atoms with Gasteiger partial charge in [-0.1, -0.05) is 41.9 Å². The summed E-state index contributed by atoms with van der Waals surface area (Å²) in [6, 6.07) is 15.2. The van der Waals surface area contributed by atoms with Gasteiger partial charge in [-0.3, -0.25) is 0 Å². The normalized spacial score (nSPS) is 15.8. The SMILES string of the molecule is COc1ccc(Cl)cc1N1CCN(S(=O)(=O)CCc2ccccc2)CC1. The quantitative estimate of drug-likeness (QED) is 0.755. The highest BCUT2D eigenvalue weighted by atomic mass is 35.5. The minimum Gasteiger partial charge on any atom is -0.495 e. The van der Waals surface area contributed by atoms with Crippen LogP contribution in [0.3, 0.4) is 0 Å². The van der Waals surface area contributed by atoms with Crippen molar-refractivity contribution in [2.75, 3.05) is 43.9 Å². The summed E-state index contributed by atoms with van der Waals surface area (Å²) in [5.74, 6) is 0.882. The van der Waals surface area contributed by atoms with E-state index in [1.807, 2.05) is 42.5 Å². The number of ether oxygens (including phenoxy) is 1. The van der Waals surface area contributed by atoms with E-state index in [1.165, 1.54) is 0 Å². The van der Waals surface area contributed by atoms with Crippen molar-refractivity contribution < 1.29 is 13.2 Å². The first-order chi connectivity index (χ1) is 12.5. The fraction of sp³-hybridized carbons (Fsp3) is 0.368. The summed E-state index contributed by atoms with van der Waals surface area (Å²) < 4.78 is 32.3. The molecule has 140 valence electrons. The average molecular weight is 395 g/mol. The molecule has 0 radical (unpaired) electrons. The van der Waals surface area contributed by atoms with Gasteiger partial charge in [-0.15, -0.1) is 0 Å². The van der Waals surface area contributed by atoms with Crippen LogP contribution >= 0.6 is 11.6 Å². The third kappa shape index (κ3) is 4.50. The molecule has 3 rings (SSSR count). The smallest absolute Gasteiger partial charge is 0.214 e. The number of rotatable bonds is 6. The topological polar surface area (TPSA) is 49.9 Å². The minimum absolute atomic E-state index is 0.136. The van der Waals surface area contributed by atoms with E-state index in [1.54, 1.807) is 17.5 Å². The van der Waals surface area contributed by atoms with Gasteiger partial charge in [-0.25, -0.2) is 8.42 Å². The van der Waals surface area contributed by atoms with Crippen LogP contribution in [0.25, 0.3) is 0 Å². The third-order valence-corrected chi connectivity index (χ3v) is 6.71. The number of methoxy groups -OCH3 is 1. The molecule has 2 aromatic carbocycles. The van der Waals surface area contributed by atoms with E-state index in [-0.39, 0.29) is 5.75 Å². The lowest BCUT2D eigenvalue weighted by Gasteiger charge is -2.36. The monoisotopic (exact) mass is 394 g/mol. The highest BCUT2D eigenvalue weighted by Crippen LogP contribution is 2.32. The number of nitrogens with zero attached hydrogens (tertiary/aromatic N) is 2. The Morgan fingerprint density at radius 3 is 2.38 bits per heavy atom. The molecule has 0 aromatic heterocycles. The highest BCUT2D eigenvalue weighted by Gasteiger charge is 2.27. The number of halogens is 1. The summed E-state index contributed by atoms with van der Waals surface area (Å²) in [6.07, 6.45) is 0.533. The number of anilines is 1. The average Bonchev–Trinajstić information content (AvgIpc) is 2.67. The van der Waals surface area contributed by atoms with Gasteiger partial charge in [0.05, 0.1) is 18.6 Å². The lowest BCUT2D eigenvalue weighted by Crippen LogP contribution is -2.49. The van der Waals surface area contributed by atoms with Crippen molar-refractivity contribution >= 4 is 27.3 Å². The van der Waals surface area contributed by atoms with Crippen LogP contribution in [-0.2, 0) is 16.4 Å². The lowest BCUT2D eigenvalue weighted by atomic mass is 10.2. The van der Waals surface area contributed by atoms with Crippen molar-refractivity contribution in [2.24, 2.45) is 0 Å². The van der Waals surface area contributed by atoms with Gasteiger partial charge in [0.1, 0.15) is 5.75 Å². The van der Waals surface area contributed by atoms with Crippen molar-refractivity contribution in [3.05, 3.63) is 59.1 Å². The third-order valence-electron chi connectivity index (χ3n) is 4.61. The molecule has 0 N–H and O–H groups in total. The zero-order chi connectivity index (χ0) is 18.6. The predicted molar refractivity (Wildman–Crippen MR) is 106 cm³/mol. The minimum atomic E-state index is -3.26. The zero-order valence-corrected chi connectivity index (χ0v) is 16.3. The molecule has 5 nitrogen and oxygen atoms in total. The Labute approximate surface area is 160 Å². The van der Waals surface area contributed by atoms with Gasteiger partial charge >= 0.3 is 0 Å². The van der Waals surface area contributed by atoms with Gasteiger partial charge in [-0.05, 0) is 30.2 Å². The first-order valence-corrected chi connectivity index (χ1v) is 10.6. The molecule has 0 amide bonds. The van der Waals surface area contributed by atoms with Crippen LogP contribution in [0.2, 0.25) is 5.02 Å². The van der Waals surface area contributed by atoms with E-state index in [0.717, 1.165) is 17.0 Å². The maximum Gasteiger partial charge on any atom is 0.214 e. The summed E-state index contributed by atoms with van der Waals surface area (Å²) >= 11 is 6.11. The van der Waals surface area contributed by atoms with E-state index >= 15 is 0 Å². The van der Waals surface area contributed by atoms with Gasteiger partial charge in [0, 0.05) is 31.2 Å². The molecule has 1 saturated heterocycles. The molecule has 1 fully saturated rings. The van der Waals surface area contributed by atoms with Crippen molar-refractivity contribution in [2.45, 2.75) is 6.42 Å². The van der Waals surface area contributed by atoms with Gasteiger partial charge < -0.3 is 9.64 Å². The fourth-order valence-corrected chi connectivity index (χ4v) is 4.78. The molecular weight excluding hydrogens is 372 g/mol. The molecule has 1 aliphatic rings. The molecule has 0 spiro atoms. The summed E-state index contributed by atoms with van der Waals surface area (Å²) in [7, 11) is -1.64. The van der Waals surface area contributed by atoms with E-state index in [4.69, 9.17) is 16.3 Å². The predicted octanol–water partition coefficient (Wildman–Crippen LogP) is 3.04. The Hall–Kier alpha value is -1.76. The van der Waals surface area contributed by atoms with Gasteiger partial charge in [-0.2, -0.15) is 4.31 Å². The largest absolute Gasteiger partial charge is 0.495 e. The molecule has 1 aliphatic heterocycles. The molecule has 0 atom stereocenters. The summed E-state index contributed by atoms with van der Waals surface area (Å²) in [5, 5.41) is 0.638. The standard InChI is InChI=1S/C19H23ClN2O3S/c1-25-19-8-7-17(20)15-18(19)21-10-12-22(13-11-21)26(23,24)14-9-16-5-3-2-4-6-16/h2-8,15H,9-14H2,1H3. The maximum atomic E-state index is 12.6. The number of benzene rings is 2. The van der Waals surface area contributed by atoms with Crippen LogP contribution < -0.4 is 9.64 Å². The van der Waals surface area contributed by atoms with Gasteiger partial charge in [0.25, 0.3) is 0 Å². The van der Waals surface area contributed by atoms with Crippen molar-refractivity contribution in [3.8, 4) is 5.75 Å². The second kappa shape index (κ2) is 8.29. The molecule has 0 saturated carbocycles. The molecule has 26 heavy (non-hydrogen) atoms. The van der Waals surface area contributed by atoms with Crippen LogP contribution in [0, 0.1) is 0 Å². The fourth-order valence-electron chi connectivity index (χ4n) is 3.14. The van der Waals surface area contributed by atoms with Crippen LogP contribution in [0.5, 0.6) is 5.75 Å². The Morgan fingerprint density at radius 1 is 1.04 bits per heavy atom. The number of piperazine rings is 1. The molecule has 0 bridgehead atoms. The van der Waals surface area contributed by atoms with Crippen molar-refractivity contribution in [1.29, 1.82) is 0 Å². The maximum absolute atomic E-state index is 12.6. The highest BCUT2D eigenvalue weighted by molar-refractivity contribution is 7.89.